The minimum absolute atomic E-state index is 0.0819. The molecule has 2 N–H and O–H groups in total. The van der Waals surface area contributed by atoms with Gasteiger partial charge in [0.05, 0.1) is 5.69 Å². The fourth-order valence-electron chi connectivity index (χ4n) is 2.50. The van der Waals surface area contributed by atoms with Gasteiger partial charge in [0, 0.05) is 29.9 Å². The van der Waals surface area contributed by atoms with E-state index in [9.17, 15) is 0 Å². The molecule has 108 valence electrons. The molecule has 19 heavy (non-hydrogen) atoms. The lowest BCUT2D eigenvalue weighted by molar-refractivity contribution is 0.279. The van der Waals surface area contributed by atoms with E-state index in [1.807, 2.05) is 0 Å². The summed E-state index contributed by atoms with van der Waals surface area (Å²) in [5, 5.41) is 1.17. The summed E-state index contributed by atoms with van der Waals surface area (Å²) in [4.78, 5) is 8.57. The van der Waals surface area contributed by atoms with Crippen LogP contribution >= 0.6 is 11.3 Å². The third kappa shape index (κ3) is 3.29. The highest BCUT2D eigenvalue weighted by Crippen LogP contribution is 2.37. The Morgan fingerprint density at radius 3 is 2.26 bits per heavy atom. The number of piperidine rings is 1. The first-order valence-electron chi connectivity index (χ1n) is 7.18. The molecule has 0 unspecified atom stereocenters. The zero-order valence-electron chi connectivity index (χ0n) is 12.9. The van der Waals surface area contributed by atoms with Gasteiger partial charge in [-0.1, -0.05) is 34.6 Å². The van der Waals surface area contributed by atoms with Crippen LogP contribution in [0.25, 0.3) is 0 Å². The Kier molecular flexibility index (Phi) is 3.94. The second-order valence-corrected chi connectivity index (χ2v) is 8.44. The summed E-state index contributed by atoms with van der Waals surface area (Å²) in [5.74, 6) is 0. The molecule has 0 radical (unpaired) electrons. The van der Waals surface area contributed by atoms with Crippen molar-refractivity contribution in [3.63, 3.8) is 0 Å². The fraction of sp³-hybridized carbons (Fsp3) is 0.800. The van der Waals surface area contributed by atoms with E-state index in [0.29, 0.717) is 12.0 Å². The predicted octanol–water partition coefficient (Wildman–Crippen LogP) is 3.53. The van der Waals surface area contributed by atoms with Crippen LogP contribution in [-0.2, 0) is 12.0 Å². The molecule has 1 aromatic heterocycles. The van der Waals surface area contributed by atoms with Crippen LogP contribution in [0.1, 0.15) is 58.0 Å². The molecule has 0 saturated carbocycles. The minimum Gasteiger partial charge on any atom is -0.348 e. The zero-order valence-corrected chi connectivity index (χ0v) is 13.7. The van der Waals surface area contributed by atoms with Crippen LogP contribution in [0.5, 0.6) is 0 Å². The molecule has 1 saturated heterocycles. The summed E-state index contributed by atoms with van der Waals surface area (Å²) in [5.41, 5.74) is 7.63. The van der Waals surface area contributed by atoms with Crippen LogP contribution in [-0.4, -0.2) is 18.1 Å². The summed E-state index contributed by atoms with van der Waals surface area (Å²) in [6, 6.07) is 0. The Bertz CT molecular complexity index is 433. The first-order valence-corrected chi connectivity index (χ1v) is 8.00. The normalized spacial score (nSPS) is 19.8. The molecule has 0 bridgehead atoms. The highest BCUT2D eigenvalue weighted by Gasteiger charge is 2.29. The highest BCUT2D eigenvalue weighted by molar-refractivity contribution is 7.15. The van der Waals surface area contributed by atoms with Crippen LogP contribution in [0.4, 0.5) is 5.13 Å². The lowest BCUT2D eigenvalue weighted by atomic mass is 9.83. The van der Waals surface area contributed by atoms with Crippen LogP contribution in [0.3, 0.4) is 0 Å². The summed E-state index contributed by atoms with van der Waals surface area (Å²) in [6.07, 6.45) is 2.49. The van der Waals surface area contributed by atoms with Gasteiger partial charge in [0.15, 0.2) is 5.13 Å². The summed E-state index contributed by atoms with van der Waals surface area (Å²) in [6.45, 7) is 14.2. The molecule has 1 aliphatic rings. The molecule has 1 fully saturated rings. The maximum Gasteiger partial charge on any atom is 0.185 e. The van der Waals surface area contributed by atoms with Crippen LogP contribution in [0, 0.1) is 5.41 Å². The number of aromatic nitrogens is 1. The van der Waals surface area contributed by atoms with Gasteiger partial charge in [0.25, 0.3) is 0 Å². The van der Waals surface area contributed by atoms with Gasteiger partial charge >= 0.3 is 0 Å². The molecule has 3 nitrogen and oxygen atoms in total. The largest absolute Gasteiger partial charge is 0.348 e. The van der Waals surface area contributed by atoms with Gasteiger partial charge in [-0.15, -0.1) is 11.3 Å². The molecular weight excluding hydrogens is 254 g/mol. The van der Waals surface area contributed by atoms with Crippen molar-refractivity contribution in [3.05, 3.63) is 10.6 Å². The molecule has 2 heterocycles. The molecule has 0 atom stereocenters. The molecule has 0 amide bonds. The van der Waals surface area contributed by atoms with Gasteiger partial charge in [0.1, 0.15) is 0 Å². The SMILES string of the molecule is CC1(C)CCN(c2nc(C(C)(C)C)c(CN)s2)CC1. The van der Waals surface area contributed by atoms with Crippen molar-refractivity contribution >= 4 is 16.5 Å². The number of hydrogen-bond acceptors (Lipinski definition) is 4. The first kappa shape index (κ1) is 14.8. The lowest BCUT2D eigenvalue weighted by Crippen LogP contribution is -2.37. The van der Waals surface area contributed by atoms with Crippen molar-refractivity contribution < 1.29 is 0 Å². The standard InChI is InChI=1S/C15H27N3S/c1-14(2,3)12-11(10-16)19-13(17-12)18-8-6-15(4,5)7-9-18/h6-10,16H2,1-5H3. The monoisotopic (exact) mass is 281 g/mol. The summed E-state index contributed by atoms with van der Waals surface area (Å²) < 4.78 is 0. The second kappa shape index (κ2) is 5.06. The maximum absolute atomic E-state index is 5.89. The van der Waals surface area contributed by atoms with Crippen molar-refractivity contribution in [2.75, 3.05) is 18.0 Å². The Balaban J connectivity index is 2.20. The van der Waals surface area contributed by atoms with Gasteiger partial charge in [-0.3, -0.25) is 0 Å². The van der Waals surface area contributed by atoms with E-state index in [0.717, 1.165) is 13.1 Å². The van der Waals surface area contributed by atoms with E-state index in [2.05, 4.69) is 39.5 Å². The van der Waals surface area contributed by atoms with Gasteiger partial charge < -0.3 is 10.6 Å². The van der Waals surface area contributed by atoms with Crippen molar-refractivity contribution in [1.29, 1.82) is 0 Å². The third-order valence-electron chi connectivity index (χ3n) is 3.97. The number of thiazole rings is 1. The Hall–Kier alpha value is -0.610. The highest BCUT2D eigenvalue weighted by atomic mass is 32.1. The summed E-state index contributed by atoms with van der Waals surface area (Å²) >= 11 is 1.78. The van der Waals surface area contributed by atoms with E-state index in [-0.39, 0.29) is 5.41 Å². The second-order valence-electron chi connectivity index (χ2n) is 7.37. The zero-order chi connectivity index (χ0) is 14.3. The van der Waals surface area contributed by atoms with Crippen LogP contribution in [0.2, 0.25) is 0 Å². The Morgan fingerprint density at radius 1 is 1.26 bits per heavy atom. The van der Waals surface area contributed by atoms with E-state index in [4.69, 9.17) is 10.7 Å². The number of nitrogens with two attached hydrogens (primary N) is 1. The van der Waals surface area contributed by atoms with E-state index < -0.39 is 0 Å². The first-order chi connectivity index (χ1) is 8.73. The molecule has 0 aliphatic carbocycles. The molecule has 2 rings (SSSR count). The average Bonchev–Trinajstić information content (AvgIpc) is 2.72. The molecule has 1 aromatic rings. The van der Waals surface area contributed by atoms with Crippen molar-refractivity contribution in [2.24, 2.45) is 11.1 Å². The molecule has 4 heteroatoms. The van der Waals surface area contributed by atoms with E-state index in [1.165, 1.54) is 28.5 Å². The topological polar surface area (TPSA) is 42.2 Å². The van der Waals surface area contributed by atoms with E-state index in [1.54, 1.807) is 11.3 Å². The van der Waals surface area contributed by atoms with Crippen LogP contribution < -0.4 is 10.6 Å². The maximum atomic E-state index is 5.89. The number of rotatable bonds is 2. The molecule has 1 aliphatic heterocycles. The number of nitrogens with zero attached hydrogens (tertiary/aromatic N) is 2. The Morgan fingerprint density at radius 2 is 1.84 bits per heavy atom. The Labute approximate surface area is 121 Å². The van der Waals surface area contributed by atoms with E-state index >= 15 is 0 Å². The van der Waals surface area contributed by atoms with Crippen LogP contribution in [0.15, 0.2) is 0 Å². The molecule has 0 spiro atoms. The number of hydrogen-bond donors (Lipinski definition) is 1. The van der Waals surface area contributed by atoms with Crippen molar-refractivity contribution in [2.45, 2.75) is 59.4 Å². The number of anilines is 1. The van der Waals surface area contributed by atoms with Crippen molar-refractivity contribution in [3.8, 4) is 0 Å². The van der Waals surface area contributed by atoms with Gasteiger partial charge in [-0.05, 0) is 18.3 Å². The van der Waals surface area contributed by atoms with Crippen molar-refractivity contribution in [1.82, 2.24) is 4.98 Å². The lowest BCUT2D eigenvalue weighted by Gasteiger charge is -2.36. The quantitative estimate of drug-likeness (QED) is 0.902. The minimum atomic E-state index is 0.0819. The van der Waals surface area contributed by atoms with Gasteiger partial charge in [-0.2, -0.15) is 0 Å². The predicted molar refractivity (Wildman–Crippen MR) is 83.9 cm³/mol. The third-order valence-corrected chi connectivity index (χ3v) is 5.11. The van der Waals surface area contributed by atoms with Gasteiger partial charge in [-0.25, -0.2) is 4.98 Å². The smallest absolute Gasteiger partial charge is 0.185 e. The van der Waals surface area contributed by atoms with Gasteiger partial charge in [0.2, 0.25) is 0 Å². The summed E-state index contributed by atoms with van der Waals surface area (Å²) in [7, 11) is 0. The molecular formula is C15H27N3S. The molecule has 0 aromatic carbocycles. The fourth-order valence-corrected chi connectivity index (χ4v) is 3.70. The average molecular weight is 281 g/mol.